The van der Waals surface area contributed by atoms with E-state index in [1.165, 1.54) is 6.07 Å². The molecule has 0 aromatic heterocycles. The summed E-state index contributed by atoms with van der Waals surface area (Å²) in [5.74, 6) is -1.74. The maximum Gasteiger partial charge on any atom is 0.261 e. The Labute approximate surface area is 121 Å². The van der Waals surface area contributed by atoms with E-state index in [-0.39, 0.29) is 11.7 Å². The van der Waals surface area contributed by atoms with Crippen LogP contribution in [0.2, 0.25) is 0 Å². The van der Waals surface area contributed by atoms with Crippen molar-refractivity contribution in [3.8, 4) is 5.75 Å². The molecule has 2 fully saturated rings. The summed E-state index contributed by atoms with van der Waals surface area (Å²) in [6.45, 7) is 3.30. The number of benzene rings is 1. The van der Waals surface area contributed by atoms with Gasteiger partial charge in [0.15, 0.2) is 17.7 Å². The molecular weight excluding hydrogens is 280 g/mol. The number of amides is 1. The van der Waals surface area contributed by atoms with Gasteiger partial charge >= 0.3 is 0 Å². The predicted octanol–water partition coefficient (Wildman–Crippen LogP) is 0.642. The molecular formula is C14H17F2N3O2. The Hall–Kier alpha value is -1.89. The molecule has 0 saturated carbocycles. The van der Waals surface area contributed by atoms with E-state index in [9.17, 15) is 13.6 Å². The molecule has 2 aliphatic heterocycles. The van der Waals surface area contributed by atoms with Crippen LogP contribution in [-0.2, 0) is 4.79 Å². The minimum Gasteiger partial charge on any atom is -0.477 e. The maximum atomic E-state index is 14.0. The van der Waals surface area contributed by atoms with Gasteiger partial charge in [-0.3, -0.25) is 4.79 Å². The first-order valence-electron chi connectivity index (χ1n) is 7.04. The summed E-state index contributed by atoms with van der Waals surface area (Å²) in [7, 11) is 0. The topological polar surface area (TPSA) is 53.6 Å². The van der Waals surface area contributed by atoms with E-state index in [0.717, 1.165) is 19.2 Å². The number of nitrogens with zero attached hydrogens (tertiary/aromatic N) is 1. The third-order valence-electron chi connectivity index (χ3n) is 3.73. The molecule has 5 nitrogen and oxygen atoms in total. The quantitative estimate of drug-likeness (QED) is 0.860. The number of halogens is 2. The molecule has 1 atom stereocenters. The van der Waals surface area contributed by atoms with Crippen LogP contribution in [0.1, 0.15) is 6.42 Å². The summed E-state index contributed by atoms with van der Waals surface area (Å²) in [5, 5.41) is 5.79. The summed E-state index contributed by atoms with van der Waals surface area (Å²) in [4.78, 5) is 13.3. The largest absolute Gasteiger partial charge is 0.477 e. The first-order valence-corrected chi connectivity index (χ1v) is 7.04. The Morgan fingerprint density at radius 1 is 1.14 bits per heavy atom. The van der Waals surface area contributed by atoms with Crippen LogP contribution in [-0.4, -0.2) is 44.7 Å². The van der Waals surface area contributed by atoms with E-state index in [1.807, 2.05) is 4.90 Å². The van der Waals surface area contributed by atoms with Crippen molar-refractivity contribution in [2.24, 2.45) is 0 Å². The van der Waals surface area contributed by atoms with Gasteiger partial charge in [-0.1, -0.05) is 0 Å². The number of carbonyl (C=O) groups is 1. The zero-order valence-electron chi connectivity index (χ0n) is 11.5. The minimum atomic E-state index is -0.786. The van der Waals surface area contributed by atoms with E-state index in [0.29, 0.717) is 31.7 Å². The van der Waals surface area contributed by atoms with Crippen LogP contribution in [0, 0.1) is 11.6 Å². The Morgan fingerprint density at radius 2 is 1.90 bits per heavy atom. The standard InChI is InChI=1S/C14H17F2N3O2/c15-9-7-10(16)13(21-12-1-2-18-14(12)20)8-11(9)19-5-3-17-4-6-19/h7-8,12,17H,1-6H2,(H,18,20). The number of piperazine rings is 1. The summed E-state index contributed by atoms with van der Waals surface area (Å²) in [6.07, 6.45) is -0.223. The molecule has 21 heavy (non-hydrogen) atoms. The molecule has 1 aromatic carbocycles. The molecule has 2 aliphatic rings. The first-order chi connectivity index (χ1) is 10.1. The zero-order valence-corrected chi connectivity index (χ0v) is 11.5. The molecule has 114 valence electrons. The van der Waals surface area contributed by atoms with Crippen molar-refractivity contribution in [3.05, 3.63) is 23.8 Å². The van der Waals surface area contributed by atoms with E-state index >= 15 is 0 Å². The van der Waals surface area contributed by atoms with Crippen LogP contribution in [0.5, 0.6) is 5.75 Å². The summed E-state index contributed by atoms with van der Waals surface area (Å²) in [6, 6.07) is 2.17. The van der Waals surface area contributed by atoms with Gasteiger partial charge in [-0.05, 0) is 0 Å². The van der Waals surface area contributed by atoms with E-state index in [2.05, 4.69) is 10.6 Å². The number of ether oxygens (including phenoxy) is 1. The summed E-state index contributed by atoms with van der Waals surface area (Å²) >= 11 is 0. The number of hydrogen-bond donors (Lipinski definition) is 2. The number of carbonyl (C=O) groups excluding carboxylic acids is 1. The molecule has 1 amide bonds. The number of nitrogens with one attached hydrogen (secondary N) is 2. The first kappa shape index (κ1) is 14.1. The maximum absolute atomic E-state index is 14.0. The molecule has 0 spiro atoms. The molecule has 2 saturated heterocycles. The van der Waals surface area contributed by atoms with Gasteiger partial charge in [-0.25, -0.2) is 8.78 Å². The smallest absolute Gasteiger partial charge is 0.261 e. The van der Waals surface area contributed by atoms with E-state index in [4.69, 9.17) is 4.74 Å². The molecule has 0 aliphatic carbocycles. The summed E-state index contributed by atoms with van der Waals surface area (Å²) in [5.41, 5.74) is 0.311. The van der Waals surface area contributed by atoms with Crippen LogP contribution in [0.25, 0.3) is 0 Å². The Kier molecular flexibility index (Phi) is 3.92. The second-order valence-electron chi connectivity index (χ2n) is 5.16. The number of anilines is 1. The highest BCUT2D eigenvalue weighted by atomic mass is 19.1. The monoisotopic (exact) mass is 297 g/mol. The SMILES string of the molecule is O=C1NCCC1Oc1cc(N2CCNCC2)c(F)cc1F. The molecule has 2 heterocycles. The van der Waals surface area contributed by atoms with Crippen LogP contribution >= 0.6 is 0 Å². The molecule has 0 radical (unpaired) electrons. The highest BCUT2D eigenvalue weighted by molar-refractivity contribution is 5.83. The van der Waals surface area contributed by atoms with Crippen LogP contribution < -0.4 is 20.3 Å². The molecule has 7 heteroatoms. The van der Waals surface area contributed by atoms with Crippen molar-refractivity contribution in [2.75, 3.05) is 37.6 Å². The fourth-order valence-corrected chi connectivity index (χ4v) is 2.59. The summed E-state index contributed by atoms with van der Waals surface area (Å²) < 4.78 is 33.2. The minimum absolute atomic E-state index is 0.0769. The van der Waals surface area contributed by atoms with Gasteiger partial charge in [0.2, 0.25) is 0 Å². The van der Waals surface area contributed by atoms with Gasteiger partial charge < -0.3 is 20.3 Å². The van der Waals surface area contributed by atoms with Crippen molar-refractivity contribution in [1.82, 2.24) is 10.6 Å². The zero-order chi connectivity index (χ0) is 14.8. The second-order valence-corrected chi connectivity index (χ2v) is 5.16. The molecule has 2 N–H and O–H groups in total. The average Bonchev–Trinajstić information content (AvgIpc) is 2.88. The number of hydrogen-bond acceptors (Lipinski definition) is 4. The molecule has 1 unspecified atom stereocenters. The fourth-order valence-electron chi connectivity index (χ4n) is 2.59. The van der Waals surface area contributed by atoms with Crippen LogP contribution in [0.4, 0.5) is 14.5 Å². The Bertz CT molecular complexity index is 547. The normalized spacial score (nSPS) is 22.3. The lowest BCUT2D eigenvalue weighted by molar-refractivity contribution is -0.124. The highest BCUT2D eigenvalue weighted by Gasteiger charge is 2.28. The van der Waals surface area contributed by atoms with E-state index < -0.39 is 17.7 Å². The van der Waals surface area contributed by atoms with Crippen molar-refractivity contribution >= 4 is 11.6 Å². The van der Waals surface area contributed by atoms with E-state index in [1.54, 1.807) is 0 Å². The fraction of sp³-hybridized carbons (Fsp3) is 0.500. The third kappa shape index (κ3) is 2.92. The van der Waals surface area contributed by atoms with Gasteiger partial charge in [-0.15, -0.1) is 0 Å². The van der Waals surface area contributed by atoms with Crippen molar-refractivity contribution < 1.29 is 18.3 Å². The van der Waals surface area contributed by atoms with Gasteiger partial charge in [-0.2, -0.15) is 0 Å². The lowest BCUT2D eigenvalue weighted by Gasteiger charge is -2.30. The second kappa shape index (κ2) is 5.85. The van der Waals surface area contributed by atoms with Crippen molar-refractivity contribution in [3.63, 3.8) is 0 Å². The lowest BCUT2D eigenvalue weighted by Crippen LogP contribution is -2.43. The lowest BCUT2D eigenvalue weighted by atomic mass is 10.2. The van der Waals surface area contributed by atoms with Crippen LogP contribution in [0.3, 0.4) is 0 Å². The molecule has 1 aromatic rings. The Morgan fingerprint density at radius 3 is 2.57 bits per heavy atom. The third-order valence-corrected chi connectivity index (χ3v) is 3.73. The average molecular weight is 297 g/mol. The Balaban J connectivity index is 1.84. The molecule has 3 rings (SSSR count). The highest BCUT2D eigenvalue weighted by Crippen LogP contribution is 2.29. The van der Waals surface area contributed by atoms with Gasteiger partial charge in [0.25, 0.3) is 5.91 Å². The van der Waals surface area contributed by atoms with Gasteiger partial charge in [0.05, 0.1) is 5.69 Å². The predicted molar refractivity (Wildman–Crippen MR) is 73.5 cm³/mol. The molecule has 0 bridgehead atoms. The van der Waals surface area contributed by atoms with Crippen molar-refractivity contribution in [2.45, 2.75) is 12.5 Å². The van der Waals surface area contributed by atoms with Gasteiger partial charge in [0, 0.05) is 51.3 Å². The van der Waals surface area contributed by atoms with Crippen molar-refractivity contribution in [1.29, 1.82) is 0 Å². The number of rotatable bonds is 3. The van der Waals surface area contributed by atoms with Crippen LogP contribution in [0.15, 0.2) is 12.1 Å². The van der Waals surface area contributed by atoms with Gasteiger partial charge in [0.1, 0.15) is 5.82 Å².